The van der Waals surface area contributed by atoms with Gasteiger partial charge in [-0.15, -0.1) is 0 Å². The topological polar surface area (TPSA) is 42.2 Å². The molecule has 1 aromatic rings. The van der Waals surface area contributed by atoms with Gasteiger partial charge in [0.05, 0.1) is 16.7 Å². The number of fused-ring (bicyclic) bond motifs is 1. The highest BCUT2D eigenvalue weighted by atomic mass is 35.5. The molecule has 0 spiro atoms. The van der Waals surface area contributed by atoms with Crippen molar-refractivity contribution >= 4 is 11.6 Å². The molecule has 0 aliphatic carbocycles. The summed E-state index contributed by atoms with van der Waals surface area (Å²) >= 11 is 5.80. The summed E-state index contributed by atoms with van der Waals surface area (Å²) in [6.45, 7) is 0.171. The third-order valence-electron chi connectivity index (χ3n) is 1.56. The van der Waals surface area contributed by atoms with Gasteiger partial charge in [-0.2, -0.15) is 5.26 Å². The maximum atomic E-state index is 8.59. The van der Waals surface area contributed by atoms with Gasteiger partial charge in [0.1, 0.15) is 0 Å². The van der Waals surface area contributed by atoms with E-state index in [1.54, 1.807) is 12.1 Å². The zero-order valence-electron chi connectivity index (χ0n) is 6.00. The first-order chi connectivity index (χ1) is 5.81. The lowest BCUT2D eigenvalue weighted by Crippen LogP contribution is -1.93. The molecule has 0 atom stereocenters. The first-order valence-corrected chi connectivity index (χ1v) is 3.68. The third kappa shape index (κ3) is 0.973. The highest BCUT2D eigenvalue weighted by Crippen LogP contribution is 2.39. The summed E-state index contributed by atoms with van der Waals surface area (Å²) in [4.78, 5) is 0. The quantitative estimate of drug-likeness (QED) is 0.614. The normalized spacial score (nSPS) is 12.7. The Hall–Kier alpha value is -1.40. The Morgan fingerprint density at radius 2 is 2.25 bits per heavy atom. The van der Waals surface area contributed by atoms with Gasteiger partial charge in [-0.05, 0) is 6.07 Å². The van der Waals surface area contributed by atoms with Crippen molar-refractivity contribution in [2.75, 3.05) is 6.79 Å². The van der Waals surface area contributed by atoms with Crippen LogP contribution in [0.4, 0.5) is 0 Å². The fourth-order valence-corrected chi connectivity index (χ4v) is 1.30. The predicted molar refractivity (Wildman–Crippen MR) is 42.3 cm³/mol. The summed E-state index contributed by atoms with van der Waals surface area (Å²) in [5.41, 5.74) is 0.476. The summed E-state index contributed by atoms with van der Waals surface area (Å²) in [7, 11) is 0. The maximum Gasteiger partial charge on any atom is 0.231 e. The summed E-state index contributed by atoms with van der Waals surface area (Å²) in [6.07, 6.45) is 0. The number of hydrogen-bond donors (Lipinski definition) is 0. The molecule has 60 valence electrons. The summed E-state index contributed by atoms with van der Waals surface area (Å²) in [5, 5.41) is 9.01. The van der Waals surface area contributed by atoms with Crippen LogP contribution in [-0.4, -0.2) is 6.79 Å². The largest absolute Gasteiger partial charge is 0.453 e. The van der Waals surface area contributed by atoms with Gasteiger partial charge in [0, 0.05) is 6.07 Å². The molecule has 1 aliphatic heterocycles. The number of halogens is 1. The van der Waals surface area contributed by atoms with Crippen LogP contribution in [0.2, 0.25) is 5.02 Å². The second-order valence-electron chi connectivity index (χ2n) is 2.30. The van der Waals surface area contributed by atoms with Crippen molar-refractivity contribution in [3.8, 4) is 17.6 Å². The molecule has 1 heterocycles. The van der Waals surface area contributed by atoms with E-state index in [1.165, 1.54) is 0 Å². The van der Waals surface area contributed by atoms with E-state index < -0.39 is 0 Å². The summed E-state index contributed by atoms with van der Waals surface area (Å²) in [6, 6.07) is 5.13. The van der Waals surface area contributed by atoms with Gasteiger partial charge in [-0.25, -0.2) is 0 Å². The van der Waals surface area contributed by atoms with Gasteiger partial charge in [-0.1, -0.05) is 11.6 Å². The van der Waals surface area contributed by atoms with Crippen LogP contribution in [0.1, 0.15) is 5.56 Å². The zero-order chi connectivity index (χ0) is 8.55. The number of benzene rings is 1. The second-order valence-corrected chi connectivity index (χ2v) is 2.71. The molecule has 0 radical (unpaired) electrons. The first kappa shape index (κ1) is 7.26. The number of rotatable bonds is 0. The second kappa shape index (κ2) is 2.58. The molecule has 3 nitrogen and oxygen atoms in total. The molecule has 0 fully saturated rings. The molecule has 0 saturated heterocycles. The van der Waals surface area contributed by atoms with Crippen molar-refractivity contribution in [3.63, 3.8) is 0 Å². The summed E-state index contributed by atoms with van der Waals surface area (Å²) < 4.78 is 10.1. The molecule has 1 aromatic carbocycles. The van der Waals surface area contributed by atoms with Crippen LogP contribution in [-0.2, 0) is 0 Å². The van der Waals surface area contributed by atoms with Gasteiger partial charge in [0.2, 0.25) is 6.79 Å². The summed E-state index contributed by atoms with van der Waals surface area (Å²) in [5.74, 6) is 1.06. The van der Waals surface area contributed by atoms with Crippen LogP contribution in [0.3, 0.4) is 0 Å². The fraction of sp³-hybridized carbons (Fsp3) is 0.125. The Morgan fingerprint density at radius 3 is 3.00 bits per heavy atom. The minimum Gasteiger partial charge on any atom is -0.453 e. The van der Waals surface area contributed by atoms with E-state index >= 15 is 0 Å². The van der Waals surface area contributed by atoms with Crippen molar-refractivity contribution in [3.05, 3.63) is 22.7 Å². The smallest absolute Gasteiger partial charge is 0.231 e. The minimum atomic E-state index is 0.171. The Balaban J connectivity index is 2.60. The zero-order valence-corrected chi connectivity index (χ0v) is 6.76. The van der Waals surface area contributed by atoms with E-state index in [9.17, 15) is 0 Å². The number of nitriles is 1. The average molecular weight is 182 g/mol. The standard InChI is InChI=1S/C8H4ClNO2/c9-6-1-5(3-10)2-7-8(6)12-4-11-7/h1-2H,4H2. The van der Waals surface area contributed by atoms with Crippen molar-refractivity contribution in [2.24, 2.45) is 0 Å². The van der Waals surface area contributed by atoms with Crippen LogP contribution in [0.15, 0.2) is 12.1 Å². The molecule has 0 N–H and O–H groups in total. The van der Waals surface area contributed by atoms with Crippen LogP contribution in [0.25, 0.3) is 0 Å². The van der Waals surface area contributed by atoms with E-state index in [0.717, 1.165) is 0 Å². The van der Waals surface area contributed by atoms with Crippen molar-refractivity contribution in [2.45, 2.75) is 0 Å². The van der Waals surface area contributed by atoms with Gasteiger partial charge < -0.3 is 9.47 Å². The number of nitrogens with zero attached hydrogens (tertiary/aromatic N) is 1. The molecule has 0 amide bonds. The molecule has 4 heteroatoms. The van der Waals surface area contributed by atoms with Crippen LogP contribution < -0.4 is 9.47 Å². The van der Waals surface area contributed by atoms with Gasteiger partial charge in [0.25, 0.3) is 0 Å². The lowest BCUT2D eigenvalue weighted by Gasteiger charge is -1.97. The molecule has 0 bridgehead atoms. The van der Waals surface area contributed by atoms with E-state index in [1.807, 2.05) is 6.07 Å². The van der Waals surface area contributed by atoms with Crippen LogP contribution in [0.5, 0.6) is 11.5 Å². The highest BCUT2D eigenvalue weighted by Gasteiger charge is 2.17. The molecule has 0 aromatic heterocycles. The van der Waals surface area contributed by atoms with Crippen molar-refractivity contribution in [1.82, 2.24) is 0 Å². The Labute approximate surface area is 74.1 Å². The van der Waals surface area contributed by atoms with E-state index in [4.69, 9.17) is 26.3 Å². The van der Waals surface area contributed by atoms with E-state index in [2.05, 4.69) is 0 Å². The number of ether oxygens (including phenoxy) is 2. The number of hydrogen-bond acceptors (Lipinski definition) is 3. The van der Waals surface area contributed by atoms with Crippen molar-refractivity contribution in [1.29, 1.82) is 5.26 Å². The average Bonchev–Trinajstić information content (AvgIpc) is 2.52. The maximum absolute atomic E-state index is 8.59. The molecular formula is C8H4ClNO2. The SMILES string of the molecule is N#Cc1cc(Cl)c2c(c1)OCO2. The lowest BCUT2D eigenvalue weighted by atomic mass is 10.2. The molecule has 12 heavy (non-hydrogen) atoms. The third-order valence-corrected chi connectivity index (χ3v) is 1.84. The Morgan fingerprint density at radius 1 is 1.42 bits per heavy atom. The minimum absolute atomic E-state index is 0.171. The molecule has 2 rings (SSSR count). The van der Waals surface area contributed by atoms with Gasteiger partial charge in [-0.3, -0.25) is 0 Å². The molecule has 1 aliphatic rings. The Bertz CT molecular complexity index is 370. The van der Waals surface area contributed by atoms with Gasteiger partial charge in [0.15, 0.2) is 11.5 Å². The first-order valence-electron chi connectivity index (χ1n) is 3.30. The van der Waals surface area contributed by atoms with Crippen LogP contribution >= 0.6 is 11.6 Å². The van der Waals surface area contributed by atoms with E-state index in [-0.39, 0.29) is 6.79 Å². The Kier molecular flexibility index (Phi) is 1.56. The fourth-order valence-electron chi connectivity index (χ4n) is 1.03. The monoisotopic (exact) mass is 181 g/mol. The molecule has 0 saturated carbocycles. The molecule has 0 unspecified atom stereocenters. The van der Waals surface area contributed by atoms with Crippen LogP contribution in [0, 0.1) is 11.3 Å². The highest BCUT2D eigenvalue weighted by molar-refractivity contribution is 6.32. The van der Waals surface area contributed by atoms with E-state index in [0.29, 0.717) is 22.1 Å². The predicted octanol–water partition coefficient (Wildman–Crippen LogP) is 1.94. The van der Waals surface area contributed by atoms with Gasteiger partial charge >= 0.3 is 0 Å². The van der Waals surface area contributed by atoms with Crippen molar-refractivity contribution < 1.29 is 9.47 Å². The molecular weight excluding hydrogens is 178 g/mol. The lowest BCUT2D eigenvalue weighted by molar-refractivity contribution is 0.174.